The number of carbonyl (C=O) groups is 1. The van der Waals surface area contributed by atoms with E-state index in [9.17, 15) is 17.6 Å². The minimum Gasteiger partial charge on any atom is -0.292 e. The highest BCUT2D eigenvalue weighted by Crippen LogP contribution is 2.36. The molecule has 0 bridgehead atoms. The Morgan fingerprint density at radius 1 is 1.36 bits per heavy atom. The Kier molecular flexibility index (Phi) is 5.00. The molecule has 0 radical (unpaired) electrons. The Labute approximate surface area is 136 Å². The molecule has 1 aliphatic rings. The van der Waals surface area contributed by atoms with Crippen molar-refractivity contribution < 1.29 is 22.2 Å². The molecule has 118 valence electrons. The van der Waals surface area contributed by atoms with Gasteiger partial charge in [0.1, 0.15) is 10.1 Å². The normalized spacial score (nSPS) is 18.0. The molecule has 5 nitrogen and oxygen atoms in total. The van der Waals surface area contributed by atoms with Crippen LogP contribution in [0.3, 0.4) is 0 Å². The minimum atomic E-state index is -4.17. The third kappa shape index (κ3) is 3.92. The van der Waals surface area contributed by atoms with Gasteiger partial charge in [-0.2, -0.15) is 8.42 Å². The highest BCUT2D eigenvalue weighted by molar-refractivity contribution is 8.26. The molecule has 1 aliphatic heterocycles. The number of halogens is 1. The van der Waals surface area contributed by atoms with E-state index in [0.717, 1.165) is 16.7 Å². The lowest BCUT2D eigenvalue weighted by molar-refractivity contribution is -0.121. The number of benzene rings is 1. The largest absolute Gasteiger partial charge is 0.292 e. The van der Waals surface area contributed by atoms with Crippen molar-refractivity contribution in [3.05, 3.63) is 40.6 Å². The highest BCUT2D eigenvalue weighted by Gasteiger charge is 2.34. The molecule has 2 rings (SSSR count). The second-order valence-corrected chi connectivity index (χ2v) is 7.79. The fourth-order valence-electron chi connectivity index (χ4n) is 1.86. The summed E-state index contributed by atoms with van der Waals surface area (Å²) in [4.78, 5) is 13.8. The molecule has 0 atom stereocenters. The Balaban J connectivity index is 2.26. The topological polar surface area (TPSA) is 74.7 Å². The predicted octanol–water partition coefficient (Wildman–Crippen LogP) is 2.30. The summed E-state index contributed by atoms with van der Waals surface area (Å²) in [5.74, 6) is -1.37. The van der Waals surface area contributed by atoms with E-state index in [-0.39, 0.29) is 16.7 Å². The molecule has 0 aromatic heterocycles. The van der Waals surface area contributed by atoms with Gasteiger partial charge in [-0.25, -0.2) is 4.39 Å². The molecule has 1 saturated heterocycles. The summed E-state index contributed by atoms with van der Waals surface area (Å²) in [5, 5.41) is 0. The van der Waals surface area contributed by atoms with E-state index in [2.05, 4.69) is 0 Å². The van der Waals surface area contributed by atoms with Gasteiger partial charge in [0.25, 0.3) is 16.0 Å². The number of hydrogen-bond donors (Lipinski definition) is 1. The molecule has 1 fully saturated rings. The van der Waals surface area contributed by atoms with Crippen LogP contribution in [0, 0.1) is 5.82 Å². The smallest absolute Gasteiger partial charge is 0.266 e. The first-order chi connectivity index (χ1) is 10.2. The van der Waals surface area contributed by atoms with Gasteiger partial charge in [0.2, 0.25) is 0 Å². The highest BCUT2D eigenvalue weighted by atomic mass is 32.2. The molecule has 0 saturated carbocycles. The maximum atomic E-state index is 12.9. The quantitative estimate of drug-likeness (QED) is 0.504. The van der Waals surface area contributed by atoms with Crippen LogP contribution >= 0.6 is 24.0 Å². The second kappa shape index (κ2) is 6.45. The Bertz CT molecular complexity index is 756. The van der Waals surface area contributed by atoms with Gasteiger partial charge in [-0.15, -0.1) is 0 Å². The van der Waals surface area contributed by atoms with Crippen LogP contribution in [0.15, 0.2) is 29.2 Å². The van der Waals surface area contributed by atoms with E-state index in [1.807, 2.05) is 0 Å². The van der Waals surface area contributed by atoms with Crippen LogP contribution in [0.5, 0.6) is 0 Å². The van der Waals surface area contributed by atoms with Crippen molar-refractivity contribution in [1.29, 1.82) is 0 Å². The van der Waals surface area contributed by atoms with Gasteiger partial charge in [0.15, 0.2) is 0 Å². The zero-order valence-corrected chi connectivity index (χ0v) is 13.9. The van der Waals surface area contributed by atoms with Crippen molar-refractivity contribution in [2.45, 2.75) is 6.92 Å². The van der Waals surface area contributed by atoms with Crippen molar-refractivity contribution in [2.75, 3.05) is 12.3 Å². The number of thiocarbonyl (C=S) groups is 1. The predicted molar refractivity (Wildman–Crippen MR) is 87.3 cm³/mol. The maximum absolute atomic E-state index is 12.9. The van der Waals surface area contributed by atoms with E-state index in [4.69, 9.17) is 16.8 Å². The van der Waals surface area contributed by atoms with Gasteiger partial charge in [-0.3, -0.25) is 14.2 Å². The monoisotopic (exact) mass is 361 g/mol. The van der Waals surface area contributed by atoms with Gasteiger partial charge in [-0.1, -0.05) is 36.1 Å². The van der Waals surface area contributed by atoms with Crippen LogP contribution in [-0.2, 0) is 14.9 Å². The lowest BCUT2D eigenvalue weighted by atomic mass is 10.1. The summed E-state index contributed by atoms with van der Waals surface area (Å²) in [6.45, 7) is 1.51. The van der Waals surface area contributed by atoms with E-state index in [0.29, 0.717) is 16.0 Å². The average Bonchev–Trinajstić information content (AvgIpc) is 2.71. The van der Waals surface area contributed by atoms with E-state index in [1.54, 1.807) is 19.1 Å². The number of hydrogen-bond acceptors (Lipinski definition) is 5. The van der Waals surface area contributed by atoms with E-state index >= 15 is 0 Å². The summed E-state index contributed by atoms with van der Waals surface area (Å²) >= 11 is 6.13. The van der Waals surface area contributed by atoms with Crippen molar-refractivity contribution in [3.8, 4) is 0 Å². The third-order valence-electron chi connectivity index (χ3n) is 3.04. The van der Waals surface area contributed by atoms with Crippen LogP contribution in [0.1, 0.15) is 12.5 Å². The summed E-state index contributed by atoms with van der Waals surface area (Å²) < 4.78 is 43.5. The maximum Gasteiger partial charge on any atom is 0.266 e. The molecule has 0 aliphatic carbocycles. The molecule has 1 amide bonds. The number of nitrogens with zero attached hydrogens (tertiary/aromatic N) is 1. The van der Waals surface area contributed by atoms with E-state index < -0.39 is 21.8 Å². The summed E-state index contributed by atoms with van der Waals surface area (Å²) in [6, 6.07) is 5.68. The van der Waals surface area contributed by atoms with Crippen LogP contribution in [0.4, 0.5) is 4.39 Å². The summed E-state index contributed by atoms with van der Waals surface area (Å²) in [5.41, 5.74) is 1.31. The molecule has 9 heteroatoms. The van der Waals surface area contributed by atoms with Gasteiger partial charge in [-0.05, 0) is 30.2 Å². The van der Waals surface area contributed by atoms with E-state index in [1.165, 1.54) is 12.1 Å². The van der Waals surface area contributed by atoms with Gasteiger partial charge in [0, 0.05) is 6.54 Å². The number of carbonyl (C=O) groups excluding carboxylic acids is 1. The van der Waals surface area contributed by atoms with Crippen molar-refractivity contribution in [1.82, 2.24) is 4.90 Å². The Hall–Kier alpha value is -1.29. The second-order valence-electron chi connectivity index (χ2n) is 4.57. The van der Waals surface area contributed by atoms with Crippen molar-refractivity contribution in [2.24, 2.45) is 0 Å². The zero-order chi connectivity index (χ0) is 16.5. The Morgan fingerprint density at radius 3 is 2.50 bits per heavy atom. The zero-order valence-electron chi connectivity index (χ0n) is 11.4. The van der Waals surface area contributed by atoms with Crippen LogP contribution in [0.2, 0.25) is 0 Å². The van der Waals surface area contributed by atoms with Crippen molar-refractivity contribution >= 4 is 49.9 Å². The molecule has 0 unspecified atom stereocenters. The average molecular weight is 361 g/mol. The fraction of sp³-hybridized carbons (Fsp3) is 0.231. The SMILES string of the molecule is C/C(=C1/SC(=S)N(CCS(=O)(=O)O)C1=O)c1ccc(F)cc1. The van der Waals surface area contributed by atoms with Crippen LogP contribution in [-0.4, -0.2) is 40.4 Å². The lowest BCUT2D eigenvalue weighted by Crippen LogP contribution is -2.32. The lowest BCUT2D eigenvalue weighted by Gasteiger charge is -2.13. The molecule has 1 N–H and O–H groups in total. The van der Waals surface area contributed by atoms with Crippen LogP contribution < -0.4 is 0 Å². The standard InChI is InChI=1S/C13H12FNO4S3/c1-8(9-2-4-10(14)5-3-9)11-12(16)15(13(20)21-11)6-7-22(17,18)19/h2-5H,6-7H2,1H3,(H,17,18,19)/b11-8-. The number of amides is 1. The minimum absolute atomic E-state index is 0.205. The number of allylic oxidation sites excluding steroid dienone is 1. The molecule has 1 aromatic carbocycles. The fourth-order valence-corrected chi connectivity index (χ4v) is 3.62. The van der Waals surface area contributed by atoms with Crippen molar-refractivity contribution in [3.63, 3.8) is 0 Å². The van der Waals surface area contributed by atoms with Gasteiger partial charge >= 0.3 is 0 Å². The van der Waals surface area contributed by atoms with Crippen LogP contribution in [0.25, 0.3) is 5.57 Å². The number of thioether (sulfide) groups is 1. The van der Waals surface area contributed by atoms with Gasteiger partial charge in [0.05, 0.1) is 10.7 Å². The first-order valence-electron chi connectivity index (χ1n) is 6.14. The molecular weight excluding hydrogens is 349 g/mol. The first-order valence-corrected chi connectivity index (χ1v) is 8.98. The summed E-state index contributed by atoms with van der Waals surface area (Å²) in [6.07, 6.45) is 0. The molecule has 22 heavy (non-hydrogen) atoms. The molecular formula is C13H12FNO4S3. The molecule has 0 spiro atoms. The molecule has 1 heterocycles. The molecule has 1 aromatic rings. The third-order valence-corrected chi connectivity index (χ3v) is 5.29. The Morgan fingerprint density at radius 2 is 1.95 bits per heavy atom. The summed E-state index contributed by atoms with van der Waals surface area (Å²) in [7, 11) is -4.17. The first kappa shape index (κ1) is 17.1. The van der Waals surface area contributed by atoms with Gasteiger partial charge < -0.3 is 0 Å². The number of rotatable bonds is 4.